The molecule has 0 saturated carbocycles. The number of nitrogens with one attached hydrogen (secondary N) is 1. The third-order valence-corrected chi connectivity index (χ3v) is 10.8. The number of hydrogen-bond donors (Lipinski definition) is 4. The summed E-state index contributed by atoms with van der Waals surface area (Å²) < 4.78 is 34.2. The highest BCUT2D eigenvalue weighted by Crippen LogP contribution is 2.54. The van der Waals surface area contributed by atoms with Crippen molar-refractivity contribution in [3.8, 4) is 11.5 Å². The number of carbonyl (C=O) groups is 3. The predicted molar refractivity (Wildman–Crippen MR) is 209 cm³/mol. The summed E-state index contributed by atoms with van der Waals surface area (Å²) in [5.41, 5.74) is -0.324. The quantitative estimate of drug-likeness (QED) is 0.0890. The standard InChI is InChI=1S/C41H55N3O14/c1-20-12-11-13-21(2)40(50)42-28-18-27(44-56-19-54-17-16-52-9)30-31(36(28)49)35(48)25(6)38-32(30)39(43-51)41(8,58-38)55-15-14-29(53-10)22(3)37(57-26(7)45)24(5)34(47)23(4)33(20)46/h11-15,18,20,22-24,29,33-34,37,39,46-48H,16-17,19H2,1-10H3,(H,42,50)/t20-,22?,23+,24+,29-,33-,34+,37+,39?,41-/m0/s1. The number of fused-ring (bicyclic) bond motifs is 14. The molecule has 1 aliphatic carbocycles. The molecule has 1 amide bonds. The Kier molecular flexibility index (Phi) is 15.5. The Hall–Kier alpha value is -4.94. The zero-order chi connectivity index (χ0) is 43.1. The number of rotatable bonds is 9. The molecule has 2 unspecified atom stereocenters. The van der Waals surface area contributed by atoms with E-state index in [-0.39, 0.29) is 65.0 Å². The number of Topliss-reactive ketones (excluding diaryl/α,β-unsaturated/α-hetero) is 1. The van der Waals surface area contributed by atoms with Gasteiger partial charge in [-0.3, -0.25) is 14.4 Å². The highest BCUT2D eigenvalue weighted by Gasteiger charge is 2.53. The van der Waals surface area contributed by atoms with Crippen molar-refractivity contribution in [2.75, 3.05) is 34.2 Å². The molecular weight excluding hydrogens is 758 g/mol. The number of ketones is 1. The number of methoxy groups -OCH3 is 2. The van der Waals surface area contributed by atoms with Gasteiger partial charge in [-0.1, -0.05) is 56.3 Å². The molecule has 4 N–H and O–H groups in total. The van der Waals surface area contributed by atoms with Crippen LogP contribution in [0.3, 0.4) is 0 Å². The number of amides is 1. The average Bonchev–Trinajstić information content (AvgIpc) is 3.49. The van der Waals surface area contributed by atoms with Gasteiger partial charge in [0.15, 0.2) is 6.04 Å². The number of nitrogens with zero attached hydrogens (tertiary/aromatic N) is 2. The fourth-order valence-corrected chi connectivity index (χ4v) is 7.34. The average molecular weight is 814 g/mol. The number of oxime groups is 1. The maximum Gasteiger partial charge on any atom is 0.302 e. The molecule has 0 radical (unpaired) electrons. The molecule has 17 nitrogen and oxygen atoms in total. The van der Waals surface area contributed by atoms with Crippen LogP contribution in [-0.2, 0) is 38.1 Å². The van der Waals surface area contributed by atoms with Crippen LogP contribution in [0, 0.1) is 35.5 Å². The Morgan fingerprint density at radius 1 is 1.00 bits per heavy atom. The largest absolute Gasteiger partial charge is 0.507 e. The number of phenolic OH excluding ortho intramolecular Hbond substituents is 1. The van der Waals surface area contributed by atoms with Crippen molar-refractivity contribution in [2.24, 2.45) is 34.0 Å². The van der Waals surface area contributed by atoms with Gasteiger partial charge in [0.05, 0.1) is 49.0 Å². The van der Waals surface area contributed by atoms with E-state index in [1.807, 2.05) is 0 Å². The third kappa shape index (κ3) is 9.67. The molecule has 17 heteroatoms. The van der Waals surface area contributed by atoms with E-state index in [4.69, 9.17) is 33.3 Å². The first-order chi connectivity index (χ1) is 27.4. The van der Waals surface area contributed by atoms with Gasteiger partial charge >= 0.3 is 5.97 Å². The van der Waals surface area contributed by atoms with Gasteiger partial charge in [0.25, 0.3) is 11.7 Å². The van der Waals surface area contributed by atoms with Crippen LogP contribution in [0.15, 0.2) is 58.2 Å². The second-order valence-electron chi connectivity index (χ2n) is 14.9. The minimum atomic E-state index is -1.85. The lowest BCUT2D eigenvalue weighted by Crippen LogP contribution is -2.46. The predicted octanol–water partition coefficient (Wildman–Crippen LogP) is 4.41. The minimum absolute atomic E-state index is 0.00509. The van der Waals surface area contributed by atoms with Crippen LogP contribution in [0.25, 0.3) is 0 Å². The van der Waals surface area contributed by atoms with Crippen LogP contribution in [0.4, 0.5) is 0 Å². The summed E-state index contributed by atoms with van der Waals surface area (Å²) >= 11 is 0. The smallest absolute Gasteiger partial charge is 0.302 e. The molecule has 5 rings (SSSR count). The van der Waals surface area contributed by atoms with Crippen LogP contribution < -0.4 is 10.1 Å². The van der Waals surface area contributed by atoms with Crippen molar-refractivity contribution in [2.45, 2.75) is 91.6 Å². The molecule has 318 valence electrons. The van der Waals surface area contributed by atoms with Gasteiger partial charge in [0, 0.05) is 74.0 Å². The number of carbonyl (C=O) groups excluding carboxylic acids is 3. The second kappa shape index (κ2) is 19.7. The molecule has 0 spiro atoms. The zero-order valence-electron chi connectivity index (χ0n) is 34.5. The Balaban J connectivity index is 1.90. The number of phenols is 1. The van der Waals surface area contributed by atoms with Crippen molar-refractivity contribution >= 4 is 23.4 Å². The summed E-state index contributed by atoms with van der Waals surface area (Å²) in [5, 5.41) is 44.5. The van der Waals surface area contributed by atoms with Gasteiger partial charge < -0.3 is 53.9 Å². The normalized spacial score (nSPS) is 31.2. The van der Waals surface area contributed by atoms with Crippen molar-refractivity contribution in [1.82, 2.24) is 5.32 Å². The van der Waals surface area contributed by atoms with Gasteiger partial charge in [-0.15, -0.1) is 4.91 Å². The van der Waals surface area contributed by atoms with E-state index in [2.05, 4.69) is 15.6 Å². The van der Waals surface area contributed by atoms with Crippen molar-refractivity contribution in [1.29, 1.82) is 0 Å². The molecule has 10 atom stereocenters. The fraction of sp³-hybridized carbons (Fsp3) is 0.561. The van der Waals surface area contributed by atoms with E-state index < -0.39 is 83.3 Å². The number of nitroso groups, excluding NO2 is 1. The fourth-order valence-electron chi connectivity index (χ4n) is 7.34. The molecule has 3 heterocycles. The van der Waals surface area contributed by atoms with Crippen LogP contribution in [0.1, 0.15) is 81.6 Å². The number of benzene rings is 1. The van der Waals surface area contributed by atoms with Gasteiger partial charge in [0.2, 0.25) is 12.6 Å². The molecule has 58 heavy (non-hydrogen) atoms. The summed E-state index contributed by atoms with van der Waals surface area (Å²) in [6, 6.07) is -1.46. The van der Waals surface area contributed by atoms with E-state index in [0.717, 1.165) is 0 Å². The Morgan fingerprint density at radius 2 is 1.71 bits per heavy atom. The summed E-state index contributed by atoms with van der Waals surface area (Å²) in [4.78, 5) is 58.2. The zero-order valence-corrected chi connectivity index (χ0v) is 34.5. The summed E-state index contributed by atoms with van der Waals surface area (Å²) in [6.07, 6.45) is 4.85. The highest BCUT2D eigenvalue weighted by molar-refractivity contribution is 6.29. The maximum atomic E-state index is 14.2. The number of aromatic hydroxyl groups is 1. The van der Waals surface area contributed by atoms with E-state index >= 15 is 0 Å². The van der Waals surface area contributed by atoms with Gasteiger partial charge in [-0.05, 0) is 26.0 Å². The minimum Gasteiger partial charge on any atom is -0.507 e. The SMILES string of the molecule is COCCOCON=C1C=C2NC(=O)C(C)=CC=C[C@H](C)[C@H](O)[C@@H](C)[C@@H](O)[C@@H](C)[C@H](OC(C)=O)C(C)[C@@H](OC)C=CO[C@@]3(C)Oc4c(C)c(O)c(c1c4C3N=O)C2=O. The van der Waals surface area contributed by atoms with Crippen molar-refractivity contribution < 1.29 is 63.0 Å². The number of ether oxygens (including phenoxy) is 6. The van der Waals surface area contributed by atoms with E-state index in [9.17, 15) is 34.6 Å². The number of hydrogen-bond acceptors (Lipinski definition) is 16. The number of allylic oxidation sites excluding steroid dienone is 4. The lowest BCUT2D eigenvalue weighted by atomic mass is 9.78. The van der Waals surface area contributed by atoms with Crippen LogP contribution >= 0.6 is 0 Å². The summed E-state index contributed by atoms with van der Waals surface area (Å²) in [6.45, 7) is 12.7. The molecule has 1 aromatic carbocycles. The van der Waals surface area contributed by atoms with Crippen LogP contribution in [0.2, 0.25) is 0 Å². The molecule has 0 fully saturated rings. The van der Waals surface area contributed by atoms with E-state index in [1.54, 1.807) is 39.8 Å². The van der Waals surface area contributed by atoms with E-state index in [1.165, 1.54) is 66.4 Å². The maximum absolute atomic E-state index is 14.2. The van der Waals surface area contributed by atoms with Gasteiger partial charge in [0.1, 0.15) is 23.3 Å². The first kappa shape index (κ1) is 45.8. The Bertz CT molecular complexity index is 1870. The second-order valence-corrected chi connectivity index (χ2v) is 14.9. The number of aliphatic hydroxyl groups is 2. The number of aliphatic hydroxyl groups excluding tert-OH is 2. The third-order valence-electron chi connectivity index (χ3n) is 10.8. The highest BCUT2D eigenvalue weighted by atomic mass is 16.7. The molecule has 4 aliphatic rings. The van der Waals surface area contributed by atoms with Crippen molar-refractivity contribution in [3.05, 3.63) is 75.1 Å². The lowest BCUT2D eigenvalue weighted by Gasteiger charge is -2.38. The van der Waals surface area contributed by atoms with Gasteiger partial charge in [-0.25, -0.2) is 0 Å². The number of esters is 1. The first-order valence-corrected chi connectivity index (χ1v) is 18.9. The monoisotopic (exact) mass is 813 g/mol. The first-order valence-electron chi connectivity index (χ1n) is 18.9. The molecule has 3 aliphatic heterocycles. The van der Waals surface area contributed by atoms with Crippen LogP contribution in [-0.4, -0.2) is 103 Å². The molecular formula is C41H55N3O14. The van der Waals surface area contributed by atoms with Crippen molar-refractivity contribution in [3.63, 3.8) is 0 Å². The van der Waals surface area contributed by atoms with E-state index in [0.29, 0.717) is 0 Å². The summed E-state index contributed by atoms with van der Waals surface area (Å²) in [5.74, 6) is -6.87. The van der Waals surface area contributed by atoms with Crippen LogP contribution in [0.5, 0.6) is 11.5 Å². The molecule has 0 aromatic heterocycles. The Morgan fingerprint density at radius 3 is 2.34 bits per heavy atom. The van der Waals surface area contributed by atoms with Gasteiger partial charge in [-0.2, -0.15) is 0 Å². The Labute approximate surface area is 337 Å². The lowest BCUT2D eigenvalue weighted by molar-refractivity contribution is -0.160. The molecule has 5 bridgehead atoms. The molecule has 1 aromatic rings. The molecule has 0 saturated heterocycles. The topological polar surface area (TPSA) is 230 Å². The summed E-state index contributed by atoms with van der Waals surface area (Å²) in [7, 11) is 2.94.